The average Bonchev–Trinajstić information content (AvgIpc) is 3.03. The number of carbonyl (C=O) groups excluding carboxylic acids is 2. The number of rotatable bonds is 1. The molecule has 0 aromatic rings. The van der Waals surface area contributed by atoms with E-state index in [0.717, 1.165) is 43.0 Å². The third-order valence-corrected chi connectivity index (χ3v) is 6.28. The van der Waals surface area contributed by atoms with Crippen molar-refractivity contribution in [2.75, 3.05) is 5.75 Å². The molecule has 0 aliphatic carbocycles. The van der Waals surface area contributed by atoms with Crippen LogP contribution in [0.5, 0.6) is 0 Å². The lowest BCUT2D eigenvalue weighted by molar-refractivity contribution is -0.283. The Hall–Kier alpha value is -1.31. The van der Waals surface area contributed by atoms with E-state index in [-0.39, 0.29) is 23.7 Å². The molecular weight excluding hydrogens is 366 g/mol. The third kappa shape index (κ3) is 5.59. The summed E-state index contributed by atoms with van der Waals surface area (Å²) in [5.41, 5.74) is 0.979. The van der Waals surface area contributed by atoms with Crippen LogP contribution in [0.2, 0.25) is 0 Å². The largest absolute Gasteiger partial charge is 0.459 e. The molecule has 2 saturated heterocycles. The number of fused-ring (bicyclic) bond motifs is 2. The summed E-state index contributed by atoms with van der Waals surface area (Å²) in [6, 6.07) is -0.493. The Bertz CT molecular complexity index is 634. The van der Waals surface area contributed by atoms with Gasteiger partial charge >= 0.3 is 5.97 Å². The van der Waals surface area contributed by atoms with Gasteiger partial charge in [-0.3, -0.25) is 4.79 Å². The molecule has 27 heavy (non-hydrogen) atoms. The Morgan fingerprint density at radius 2 is 2.11 bits per heavy atom. The Balaban J connectivity index is 1.78. The first kappa shape index (κ1) is 20.4. The summed E-state index contributed by atoms with van der Waals surface area (Å²) in [5.74, 6) is -1.03. The lowest BCUT2D eigenvalue weighted by atomic mass is 9.90. The van der Waals surface area contributed by atoms with Crippen LogP contribution in [0.3, 0.4) is 0 Å². The van der Waals surface area contributed by atoms with Crippen LogP contribution in [0.15, 0.2) is 23.8 Å². The van der Waals surface area contributed by atoms with Crippen LogP contribution in [0, 0.1) is 5.92 Å². The molecule has 5 atom stereocenters. The number of ether oxygens (including phenoxy) is 2. The van der Waals surface area contributed by atoms with Gasteiger partial charge in [0.25, 0.3) is 5.24 Å². The number of esters is 1. The first-order chi connectivity index (χ1) is 12.8. The molecule has 2 bridgehead atoms. The number of thioether (sulfide) groups is 1. The van der Waals surface area contributed by atoms with Crippen LogP contribution in [0.4, 0.5) is 4.79 Å². The van der Waals surface area contributed by atoms with Crippen molar-refractivity contribution in [2.24, 2.45) is 5.92 Å². The fourth-order valence-electron chi connectivity index (χ4n) is 3.86. The van der Waals surface area contributed by atoms with E-state index in [1.165, 1.54) is 0 Å². The molecule has 0 aromatic heterocycles. The highest BCUT2D eigenvalue weighted by molar-refractivity contribution is 8.14. The van der Waals surface area contributed by atoms with Crippen LogP contribution in [0.25, 0.3) is 0 Å². The second-order valence-electron chi connectivity index (χ2n) is 7.89. The molecule has 2 N–H and O–H groups in total. The Morgan fingerprint density at radius 1 is 1.30 bits per heavy atom. The van der Waals surface area contributed by atoms with Gasteiger partial charge < -0.3 is 19.9 Å². The van der Waals surface area contributed by atoms with Gasteiger partial charge in [-0.05, 0) is 38.5 Å². The van der Waals surface area contributed by atoms with Gasteiger partial charge in [-0.25, -0.2) is 4.79 Å². The van der Waals surface area contributed by atoms with Crippen LogP contribution >= 0.6 is 11.8 Å². The number of nitrogens with one attached hydrogen (secondary N) is 1. The fourth-order valence-corrected chi connectivity index (χ4v) is 4.75. The standard InChI is InChI=1S/C20H29NO5S/c1-13-5-3-4-6-14(2)9-18(22)25-16-10-15(8-7-13)26-20(24,11-16)17-12-27-19(23)21-17/h3,5,9,13,15-17,24H,4,6-8,10-12H2,1-2H3,(H,21,23)/t13-,15-,16+,17+,20-/m1/s1. The average molecular weight is 396 g/mol. The maximum absolute atomic E-state index is 12.3. The van der Waals surface area contributed by atoms with Gasteiger partial charge in [-0.15, -0.1) is 0 Å². The Morgan fingerprint density at radius 3 is 2.85 bits per heavy atom. The molecule has 6 nitrogen and oxygen atoms in total. The summed E-state index contributed by atoms with van der Waals surface area (Å²) in [5, 5.41) is 13.7. The Labute approximate surface area is 164 Å². The maximum atomic E-state index is 12.3. The predicted molar refractivity (Wildman–Crippen MR) is 104 cm³/mol. The maximum Gasteiger partial charge on any atom is 0.330 e. The van der Waals surface area contributed by atoms with E-state index in [9.17, 15) is 14.7 Å². The molecule has 0 radical (unpaired) electrons. The minimum atomic E-state index is -1.51. The number of allylic oxidation sites excluding steroid dienone is 3. The molecule has 0 unspecified atom stereocenters. The molecule has 0 spiro atoms. The fraction of sp³-hybridized carbons (Fsp3) is 0.700. The summed E-state index contributed by atoms with van der Waals surface area (Å²) in [6.07, 6.45) is 9.42. The van der Waals surface area contributed by atoms with E-state index in [4.69, 9.17) is 9.47 Å². The number of aliphatic hydroxyl groups is 1. The van der Waals surface area contributed by atoms with Crippen LogP contribution < -0.4 is 5.32 Å². The minimum absolute atomic E-state index is 0.160. The van der Waals surface area contributed by atoms with Crippen LogP contribution in [-0.2, 0) is 14.3 Å². The van der Waals surface area contributed by atoms with E-state index >= 15 is 0 Å². The van der Waals surface area contributed by atoms with Crippen molar-refractivity contribution in [1.29, 1.82) is 0 Å². The van der Waals surface area contributed by atoms with Gasteiger partial charge in [0.05, 0.1) is 12.1 Å². The van der Waals surface area contributed by atoms with Gasteiger partial charge in [0.1, 0.15) is 6.10 Å². The number of carbonyl (C=O) groups is 2. The topological polar surface area (TPSA) is 84.9 Å². The van der Waals surface area contributed by atoms with Crippen LogP contribution in [0.1, 0.15) is 52.4 Å². The van der Waals surface area contributed by atoms with E-state index in [2.05, 4.69) is 24.4 Å². The van der Waals surface area contributed by atoms with Crippen molar-refractivity contribution in [3.63, 3.8) is 0 Å². The van der Waals surface area contributed by atoms with Gasteiger partial charge in [0.15, 0.2) is 5.79 Å². The van der Waals surface area contributed by atoms with E-state index < -0.39 is 17.9 Å². The molecule has 7 heteroatoms. The Kier molecular flexibility index (Phi) is 6.65. The van der Waals surface area contributed by atoms with E-state index in [1.807, 2.05) is 6.92 Å². The summed E-state index contributed by atoms with van der Waals surface area (Å²) in [7, 11) is 0. The van der Waals surface area contributed by atoms with Crippen molar-refractivity contribution < 1.29 is 24.2 Å². The molecule has 3 heterocycles. The molecule has 0 saturated carbocycles. The zero-order valence-electron chi connectivity index (χ0n) is 16.0. The molecule has 2 fully saturated rings. The highest BCUT2D eigenvalue weighted by atomic mass is 32.2. The molecule has 3 aliphatic heterocycles. The number of hydrogen-bond acceptors (Lipinski definition) is 6. The SMILES string of the molecule is CC1=CC(=O)O[C@H]2C[C@@H](CC[C@H](C)C=CCC1)O[C@@](O)([C@@H]1CSC(=O)N1)C2. The number of hydrogen-bond donors (Lipinski definition) is 2. The zero-order chi connectivity index (χ0) is 19.4. The van der Waals surface area contributed by atoms with Crippen molar-refractivity contribution in [2.45, 2.75) is 76.4 Å². The quantitative estimate of drug-likeness (QED) is 0.523. The van der Waals surface area contributed by atoms with Crippen molar-refractivity contribution in [3.8, 4) is 0 Å². The molecular formula is C20H29NO5S. The zero-order valence-corrected chi connectivity index (χ0v) is 16.8. The van der Waals surface area contributed by atoms with Crippen molar-refractivity contribution in [1.82, 2.24) is 5.32 Å². The summed E-state index contributed by atoms with van der Waals surface area (Å²) in [6.45, 7) is 4.10. The molecule has 0 aromatic carbocycles. The summed E-state index contributed by atoms with van der Waals surface area (Å²) >= 11 is 1.14. The van der Waals surface area contributed by atoms with Crippen LogP contribution in [-0.4, -0.2) is 46.1 Å². The van der Waals surface area contributed by atoms with Crippen molar-refractivity contribution in [3.05, 3.63) is 23.8 Å². The highest BCUT2D eigenvalue weighted by Crippen LogP contribution is 2.37. The van der Waals surface area contributed by atoms with Gasteiger partial charge in [-0.1, -0.05) is 36.4 Å². The van der Waals surface area contributed by atoms with E-state index in [0.29, 0.717) is 18.1 Å². The monoisotopic (exact) mass is 395 g/mol. The van der Waals surface area contributed by atoms with Gasteiger partial charge in [0.2, 0.25) is 0 Å². The molecule has 150 valence electrons. The van der Waals surface area contributed by atoms with Crippen molar-refractivity contribution >= 4 is 23.0 Å². The highest BCUT2D eigenvalue weighted by Gasteiger charge is 2.49. The predicted octanol–water partition coefficient (Wildman–Crippen LogP) is 3.30. The minimum Gasteiger partial charge on any atom is -0.459 e. The third-order valence-electron chi connectivity index (χ3n) is 5.40. The summed E-state index contributed by atoms with van der Waals surface area (Å²) in [4.78, 5) is 23.9. The molecule has 1 amide bonds. The van der Waals surface area contributed by atoms with Gasteiger partial charge in [-0.2, -0.15) is 0 Å². The second kappa shape index (κ2) is 8.80. The van der Waals surface area contributed by atoms with E-state index in [1.54, 1.807) is 6.08 Å². The summed E-state index contributed by atoms with van der Waals surface area (Å²) < 4.78 is 11.7. The normalized spacial score (nSPS) is 38.6. The lowest BCUT2D eigenvalue weighted by Gasteiger charge is -2.43. The van der Waals surface area contributed by atoms with Gasteiger partial charge in [0, 0.05) is 24.7 Å². The second-order valence-corrected chi connectivity index (χ2v) is 8.88. The first-order valence-corrected chi connectivity index (χ1v) is 10.7. The molecule has 3 rings (SSSR count). The lowest BCUT2D eigenvalue weighted by Crippen LogP contribution is -2.58. The number of amides is 1. The smallest absolute Gasteiger partial charge is 0.330 e. The first-order valence-electron chi connectivity index (χ1n) is 9.72. The molecule has 3 aliphatic rings.